The van der Waals surface area contributed by atoms with Gasteiger partial charge in [0.05, 0.1) is 76.1 Å². The van der Waals surface area contributed by atoms with Crippen LogP contribution in [0.5, 0.6) is 11.5 Å². The molecule has 614 valence electrons. The maximum absolute atomic E-state index is 13.3. The second kappa shape index (κ2) is 42.4. The highest BCUT2D eigenvalue weighted by Crippen LogP contribution is 2.50. The summed E-state index contributed by atoms with van der Waals surface area (Å²) < 4.78 is 55.3. The summed E-state index contributed by atoms with van der Waals surface area (Å²) in [6.45, 7) is 19.7. The van der Waals surface area contributed by atoms with Crippen molar-refractivity contribution in [2.45, 2.75) is 229 Å². The molecule has 4 fully saturated rings. The zero-order chi connectivity index (χ0) is 82.2. The van der Waals surface area contributed by atoms with E-state index in [1.807, 2.05) is 71.0 Å². The maximum Gasteiger partial charge on any atom is 0.409 e. The monoisotopic (exact) mass is 1590 g/mol. The zero-order valence-corrected chi connectivity index (χ0v) is 67.8. The number of alkyl carbamates (subject to hydrolysis) is 2. The summed E-state index contributed by atoms with van der Waals surface area (Å²) in [5, 5.41) is 64.9. The molecule has 4 saturated heterocycles. The predicted octanol–water partition coefficient (Wildman–Crippen LogP) is 12.0. The Morgan fingerprint density at radius 2 is 1.05 bits per heavy atom. The van der Waals surface area contributed by atoms with E-state index in [4.69, 9.17) is 81.6 Å². The van der Waals surface area contributed by atoms with Gasteiger partial charge in [0.25, 0.3) is 0 Å². The number of allylic oxidation sites excluding steroid dienone is 6. The normalized spacial score (nSPS) is 30.3. The fraction of sp³-hybridized carbons (Fsp3) is 0.662. The van der Waals surface area contributed by atoms with Gasteiger partial charge in [0.2, 0.25) is 11.8 Å². The molecular formula is C77H112Cl2N12O20. The third-order valence-electron chi connectivity index (χ3n) is 20.6. The number of nitrogens with zero attached hydrogens (tertiary/aromatic N) is 10. The minimum Gasteiger partial charge on any atom is -0.495 e. The molecule has 2 aromatic rings. The number of ketones is 2. The molecule has 34 heteroatoms. The number of amides is 4. The largest absolute Gasteiger partial charge is 0.495 e. The van der Waals surface area contributed by atoms with Crippen molar-refractivity contribution in [3.05, 3.63) is 114 Å². The number of rotatable bonds is 24. The molecule has 7 heterocycles. The van der Waals surface area contributed by atoms with Crippen molar-refractivity contribution in [1.82, 2.24) is 10.6 Å². The second-order valence-electron chi connectivity index (χ2n) is 29.9. The first kappa shape index (κ1) is 92.1. The Bertz CT molecular complexity index is 3630. The van der Waals surface area contributed by atoms with Crippen LogP contribution < -0.4 is 29.9 Å². The number of aliphatic hydroxyl groups excluding tert-OH is 2. The molecule has 6 N–H and O–H groups in total. The first-order valence-electron chi connectivity index (χ1n) is 37.3. The van der Waals surface area contributed by atoms with Crippen LogP contribution in [0.15, 0.2) is 92.3 Å². The van der Waals surface area contributed by atoms with E-state index in [9.17, 15) is 49.2 Å². The number of azide groups is 2. The molecule has 7 aliphatic rings. The Labute approximate surface area is 659 Å². The summed E-state index contributed by atoms with van der Waals surface area (Å²) in [6, 6.07) is 7.26. The SMILES string of the molecule is CC(C)CCC(=O)CCCOCCN=[N+]=[N-].CC1(CCC(=O)CCCOCCN=[N+]=[N-])N=N1.COc1cc2cc(c1Cl)N(C)C(=O)C[C@H](O)[C@@]1(C)O[C@H]1[C@H](C)[C@@H]1C[C@@](O)(NC(=O)O1)[C@H](OC)/C=C/C=C(\C)C2.COc1cc2cc(c1Cl)N(C)C(=O)C[C@H](O)[C@@]1(C)O[C@H]1[C@H](C)[C@@H]1C[C@@](O)(NC(=O)O1)[C@H](OC)/C=C/C=C(\C)C2. The van der Waals surface area contributed by atoms with Crippen molar-refractivity contribution in [1.29, 1.82) is 0 Å². The molecule has 14 atom stereocenters. The van der Waals surface area contributed by atoms with E-state index in [0.29, 0.717) is 125 Å². The number of anilines is 2. The van der Waals surface area contributed by atoms with Crippen LogP contribution >= 0.6 is 23.2 Å². The van der Waals surface area contributed by atoms with Crippen LogP contribution in [0.4, 0.5) is 21.0 Å². The van der Waals surface area contributed by atoms with Crippen LogP contribution in [0.2, 0.25) is 10.0 Å². The van der Waals surface area contributed by atoms with Crippen LogP contribution in [0, 0.1) is 17.8 Å². The number of hydrogen-bond acceptors (Lipinski definition) is 24. The lowest BCUT2D eigenvalue weighted by Crippen LogP contribution is -2.63. The first-order valence-corrected chi connectivity index (χ1v) is 38.0. The Morgan fingerprint density at radius 1 is 0.649 bits per heavy atom. The number of carbonyl (C=O) groups is 6. The fourth-order valence-corrected chi connectivity index (χ4v) is 14.1. The van der Waals surface area contributed by atoms with Crippen molar-refractivity contribution in [3.63, 3.8) is 0 Å². The molecule has 0 aromatic heterocycles. The Morgan fingerprint density at radius 3 is 1.41 bits per heavy atom. The van der Waals surface area contributed by atoms with Gasteiger partial charge in [-0.15, -0.1) is 0 Å². The number of nitrogens with one attached hydrogen (secondary N) is 2. The van der Waals surface area contributed by atoms with Crippen LogP contribution in [-0.4, -0.2) is 215 Å². The summed E-state index contributed by atoms with van der Waals surface area (Å²) in [7, 11) is 9.12. The number of epoxide rings is 2. The van der Waals surface area contributed by atoms with Crippen molar-refractivity contribution in [3.8, 4) is 11.5 Å². The lowest BCUT2D eigenvalue weighted by molar-refractivity contribution is -0.142. The highest BCUT2D eigenvalue weighted by molar-refractivity contribution is 6.35. The molecule has 9 rings (SSSR count). The van der Waals surface area contributed by atoms with E-state index in [0.717, 1.165) is 35.1 Å². The lowest BCUT2D eigenvalue weighted by atomic mass is 9.84. The van der Waals surface area contributed by atoms with E-state index in [1.54, 1.807) is 52.2 Å². The molecule has 2 aromatic carbocycles. The first-order chi connectivity index (χ1) is 52.5. The van der Waals surface area contributed by atoms with E-state index in [2.05, 4.69) is 54.8 Å². The number of ether oxygens (including phenoxy) is 10. The predicted molar refractivity (Wildman–Crippen MR) is 414 cm³/mol. The van der Waals surface area contributed by atoms with Gasteiger partial charge in [-0.2, -0.15) is 10.2 Å². The number of hydrogen-bond donors (Lipinski definition) is 6. The van der Waals surface area contributed by atoms with E-state index < -0.39 is 95.5 Å². The number of Topliss-reactive ketones (excluding diaryl/α,β-unsaturated/α-hetero) is 2. The van der Waals surface area contributed by atoms with Crippen LogP contribution in [0.1, 0.15) is 150 Å². The molecule has 0 saturated carbocycles. The highest BCUT2D eigenvalue weighted by Gasteiger charge is 2.64. The zero-order valence-electron chi connectivity index (χ0n) is 66.3. The lowest BCUT2D eigenvalue weighted by Gasteiger charge is -2.42. The smallest absolute Gasteiger partial charge is 0.409 e. The quantitative estimate of drug-likeness (QED) is 0.0187. The van der Waals surface area contributed by atoms with Gasteiger partial charge in [-0.1, -0.05) is 109 Å². The molecule has 32 nitrogen and oxygen atoms in total. The van der Waals surface area contributed by atoms with Crippen molar-refractivity contribution >= 4 is 70.1 Å². The van der Waals surface area contributed by atoms with Crippen LogP contribution in [0.25, 0.3) is 20.9 Å². The number of benzene rings is 2. The van der Waals surface area contributed by atoms with Gasteiger partial charge in [-0.3, -0.25) is 29.8 Å². The maximum atomic E-state index is 13.3. The minimum absolute atomic E-state index is 0.0310. The fourth-order valence-electron chi connectivity index (χ4n) is 13.4. The van der Waals surface area contributed by atoms with Gasteiger partial charge >= 0.3 is 12.2 Å². The number of aliphatic hydroxyl groups is 4. The van der Waals surface area contributed by atoms with Crippen molar-refractivity contribution < 1.29 is 96.6 Å². The summed E-state index contributed by atoms with van der Waals surface area (Å²) in [6.07, 6.45) is 8.73. The third kappa shape index (κ3) is 26.7. The second-order valence-corrected chi connectivity index (χ2v) is 30.7. The Kier molecular flexibility index (Phi) is 35.2. The van der Waals surface area contributed by atoms with E-state index in [1.165, 1.54) is 38.2 Å². The minimum atomic E-state index is -1.73. The third-order valence-corrected chi connectivity index (χ3v) is 21.3. The Balaban J connectivity index is 0.000000249. The summed E-state index contributed by atoms with van der Waals surface area (Å²) in [5.41, 5.74) is 14.8. The standard InChI is InChI=1S/2C28H37ClN2O8.C11H21N3O2.C10H17N5O2/c2*1-15-8-7-9-22(37-6)28(35)14-20(38-26(34)30-28)16(2)25-27(3,39-25)21(32)13-23(33)31(4)18-11-17(10-15)12-19(36-5)24(18)29;1-10(2)5-6-11(15)4-3-8-16-9-7-13-14-12;1-10(13-14-10)5-4-9(16)3-2-7-17-8-6-12-15-11/h2*7-9,11-12,16,20-22,25,32,35H,10,13-14H2,1-6H3,(H,30,34);10H,3-9H2,1-2H3;2-8H2,1H3/b2*9-7+,15-8+;;/t2*16-,20+,21+,22-,25+,27-,28+;;/m11../s1. The molecule has 0 unspecified atom stereocenters. The highest BCUT2D eigenvalue weighted by atomic mass is 35.5. The molecule has 7 aliphatic heterocycles. The van der Waals surface area contributed by atoms with Gasteiger partial charge in [0.15, 0.2) is 17.1 Å². The topological polar surface area (TPSA) is 435 Å². The van der Waals surface area contributed by atoms with Crippen molar-refractivity contribution in [2.75, 3.05) is 91.9 Å². The molecule has 0 aliphatic carbocycles. The van der Waals surface area contributed by atoms with Gasteiger partial charge in [0.1, 0.15) is 68.7 Å². The molecule has 111 heavy (non-hydrogen) atoms. The van der Waals surface area contributed by atoms with Gasteiger partial charge in [0, 0.05) is 121 Å². The number of carbonyl (C=O) groups excluding carboxylic acids is 6. The number of halogens is 2. The molecular weight excluding hydrogens is 1480 g/mol. The van der Waals surface area contributed by atoms with Gasteiger partial charge in [-0.25, -0.2) is 9.59 Å². The number of methoxy groups -OCH3 is 4. The van der Waals surface area contributed by atoms with Crippen LogP contribution in [0.3, 0.4) is 0 Å². The molecule has 4 amide bonds. The van der Waals surface area contributed by atoms with Crippen LogP contribution in [-0.2, 0) is 69.9 Å². The molecule has 8 bridgehead atoms. The average molecular weight is 1600 g/mol. The number of fused-ring (bicyclic) bond motifs is 10. The molecule has 0 radical (unpaired) electrons. The van der Waals surface area contributed by atoms with Gasteiger partial charge < -0.3 is 77.6 Å². The Hall–Kier alpha value is -7.78. The van der Waals surface area contributed by atoms with Crippen molar-refractivity contribution in [2.24, 2.45) is 38.2 Å². The molecule has 0 spiro atoms. The summed E-state index contributed by atoms with van der Waals surface area (Å²) in [5.74, 6) is 0.478. The average Bonchev–Trinajstić information content (AvgIpc) is 1.58. The van der Waals surface area contributed by atoms with Gasteiger partial charge in [-0.05, 0) is 119 Å². The summed E-state index contributed by atoms with van der Waals surface area (Å²) in [4.78, 5) is 82.3. The summed E-state index contributed by atoms with van der Waals surface area (Å²) >= 11 is 13.2. The van der Waals surface area contributed by atoms with E-state index >= 15 is 0 Å². The van der Waals surface area contributed by atoms with E-state index in [-0.39, 0.29) is 59.0 Å².